The highest BCUT2D eigenvalue weighted by molar-refractivity contribution is 9.10. The number of nitrogens with two attached hydrogens (primary N) is 1. The van der Waals surface area contributed by atoms with E-state index in [1.165, 1.54) is 44.1 Å². The molecule has 0 spiro atoms. The summed E-state index contributed by atoms with van der Waals surface area (Å²) in [6, 6.07) is 6.32. The first-order valence-corrected chi connectivity index (χ1v) is 8.52. The van der Waals surface area contributed by atoms with E-state index in [9.17, 15) is 0 Å². The summed E-state index contributed by atoms with van der Waals surface area (Å²) in [6.07, 6.45) is 10.3. The van der Waals surface area contributed by atoms with Crippen LogP contribution in [0.3, 0.4) is 0 Å². The van der Waals surface area contributed by atoms with Crippen LogP contribution in [0.1, 0.15) is 50.5 Å². The summed E-state index contributed by atoms with van der Waals surface area (Å²) in [7, 11) is 0. The maximum Gasteiger partial charge on any atom is 0.0449 e. The first-order chi connectivity index (χ1) is 9.15. The Kier molecular flexibility index (Phi) is 6.18. The van der Waals surface area contributed by atoms with Crippen LogP contribution in [-0.4, -0.2) is 6.04 Å². The van der Waals surface area contributed by atoms with E-state index >= 15 is 0 Å². The number of hydrogen-bond acceptors (Lipinski definition) is 1. The standard InChI is InChI=1S/C16H23BrClN/c17-14-8-7-13(16(18)11-14)10-15(19)9-12-5-3-1-2-4-6-12/h7-8,11-12,15H,1-6,9-10,19H2. The highest BCUT2D eigenvalue weighted by atomic mass is 79.9. The molecule has 1 aliphatic carbocycles. The molecule has 1 fully saturated rings. The zero-order valence-electron chi connectivity index (χ0n) is 11.4. The van der Waals surface area contributed by atoms with Crippen molar-refractivity contribution in [3.05, 3.63) is 33.3 Å². The highest BCUT2D eigenvalue weighted by Crippen LogP contribution is 2.28. The Morgan fingerprint density at radius 3 is 2.53 bits per heavy atom. The van der Waals surface area contributed by atoms with Crippen LogP contribution in [0, 0.1) is 5.92 Å². The van der Waals surface area contributed by atoms with Gasteiger partial charge in [-0.2, -0.15) is 0 Å². The van der Waals surface area contributed by atoms with Crippen LogP contribution in [-0.2, 0) is 6.42 Å². The molecule has 0 aromatic heterocycles. The number of rotatable bonds is 4. The summed E-state index contributed by atoms with van der Waals surface area (Å²) < 4.78 is 1.03. The largest absolute Gasteiger partial charge is 0.327 e. The molecule has 0 aliphatic heterocycles. The lowest BCUT2D eigenvalue weighted by atomic mass is 9.90. The lowest BCUT2D eigenvalue weighted by Gasteiger charge is -2.19. The molecule has 1 saturated carbocycles. The quantitative estimate of drug-likeness (QED) is 0.734. The normalized spacial score (nSPS) is 19.1. The SMILES string of the molecule is NC(Cc1ccc(Br)cc1Cl)CC1CCCCCC1. The molecule has 1 atom stereocenters. The lowest BCUT2D eigenvalue weighted by molar-refractivity contribution is 0.387. The lowest BCUT2D eigenvalue weighted by Crippen LogP contribution is -2.26. The third-order valence-electron chi connectivity index (χ3n) is 4.11. The molecule has 3 heteroatoms. The molecule has 1 aliphatic rings. The summed E-state index contributed by atoms with van der Waals surface area (Å²) in [6.45, 7) is 0. The molecule has 2 rings (SSSR count). The zero-order chi connectivity index (χ0) is 13.7. The second-order valence-electron chi connectivity index (χ2n) is 5.79. The molecular formula is C16H23BrClN. The Balaban J connectivity index is 1.87. The third kappa shape index (κ3) is 5.09. The van der Waals surface area contributed by atoms with E-state index in [4.69, 9.17) is 17.3 Å². The van der Waals surface area contributed by atoms with Gasteiger partial charge in [0, 0.05) is 15.5 Å². The van der Waals surface area contributed by atoms with Crippen LogP contribution in [0.2, 0.25) is 5.02 Å². The van der Waals surface area contributed by atoms with Gasteiger partial charge in [-0.3, -0.25) is 0 Å². The smallest absolute Gasteiger partial charge is 0.0449 e. The van der Waals surface area contributed by atoms with Gasteiger partial charge in [0.25, 0.3) is 0 Å². The van der Waals surface area contributed by atoms with Gasteiger partial charge in [-0.05, 0) is 36.5 Å². The molecular weight excluding hydrogens is 322 g/mol. The summed E-state index contributed by atoms with van der Waals surface area (Å²) in [4.78, 5) is 0. The maximum absolute atomic E-state index is 6.32. The molecule has 0 saturated heterocycles. The van der Waals surface area contributed by atoms with Gasteiger partial charge in [-0.1, -0.05) is 72.1 Å². The van der Waals surface area contributed by atoms with Crippen molar-refractivity contribution < 1.29 is 0 Å². The van der Waals surface area contributed by atoms with E-state index in [0.717, 1.165) is 28.3 Å². The van der Waals surface area contributed by atoms with Crippen LogP contribution >= 0.6 is 27.5 Å². The van der Waals surface area contributed by atoms with E-state index in [0.29, 0.717) is 0 Å². The number of benzene rings is 1. The van der Waals surface area contributed by atoms with E-state index in [-0.39, 0.29) is 6.04 Å². The summed E-state index contributed by atoms with van der Waals surface area (Å²) in [5.74, 6) is 0.826. The Morgan fingerprint density at radius 1 is 1.21 bits per heavy atom. The molecule has 0 radical (unpaired) electrons. The van der Waals surface area contributed by atoms with E-state index in [1.54, 1.807) is 0 Å². The number of hydrogen-bond donors (Lipinski definition) is 1. The van der Waals surface area contributed by atoms with Crippen molar-refractivity contribution in [2.75, 3.05) is 0 Å². The fraction of sp³-hybridized carbons (Fsp3) is 0.625. The minimum Gasteiger partial charge on any atom is -0.327 e. The molecule has 0 heterocycles. The van der Waals surface area contributed by atoms with Gasteiger partial charge in [0.05, 0.1) is 0 Å². The third-order valence-corrected chi connectivity index (χ3v) is 4.95. The molecule has 1 aromatic rings. The van der Waals surface area contributed by atoms with Gasteiger partial charge < -0.3 is 5.73 Å². The van der Waals surface area contributed by atoms with E-state index < -0.39 is 0 Å². The Hall–Kier alpha value is -0.0500. The van der Waals surface area contributed by atoms with Crippen LogP contribution in [0.25, 0.3) is 0 Å². The van der Waals surface area contributed by atoms with Crippen molar-refractivity contribution in [3.63, 3.8) is 0 Å². The fourth-order valence-corrected chi connectivity index (χ4v) is 3.83. The predicted molar refractivity (Wildman–Crippen MR) is 86.6 cm³/mol. The molecule has 0 bridgehead atoms. The average Bonchev–Trinajstić information content (AvgIpc) is 2.61. The van der Waals surface area contributed by atoms with Gasteiger partial charge in [-0.25, -0.2) is 0 Å². The molecule has 2 N–H and O–H groups in total. The maximum atomic E-state index is 6.32. The first kappa shape index (κ1) is 15.3. The van der Waals surface area contributed by atoms with Crippen LogP contribution in [0.5, 0.6) is 0 Å². The van der Waals surface area contributed by atoms with Crippen LogP contribution in [0.4, 0.5) is 0 Å². The monoisotopic (exact) mass is 343 g/mol. The fourth-order valence-electron chi connectivity index (χ4n) is 3.08. The van der Waals surface area contributed by atoms with Crippen LogP contribution in [0.15, 0.2) is 22.7 Å². The number of halogens is 2. The predicted octanol–water partition coefficient (Wildman–Crippen LogP) is 5.33. The Bertz CT molecular complexity index is 400. The Morgan fingerprint density at radius 2 is 1.89 bits per heavy atom. The zero-order valence-corrected chi connectivity index (χ0v) is 13.7. The minimum atomic E-state index is 0.238. The summed E-state index contributed by atoms with van der Waals surface area (Å²) >= 11 is 9.69. The Labute approximate surface area is 130 Å². The highest BCUT2D eigenvalue weighted by Gasteiger charge is 2.16. The second kappa shape index (κ2) is 7.66. The van der Waals surface area contributed by atoms with Crippen molar-refractivity contribution in [2.24, 2.45) is 11.7 Å². The van der Waals surface area contributed by atoms with E-state index in [2.05, 4.69) is 22.0 Å². The summed E-state index contributed by atoms with van der Waals surface area (Å²) in [5.41, 5.74) is 7.50. The van der Waals surface area contributed by atoms with Gasteiger partial charge in [0.1, 0.15) is 0 Å². The molecule has 1 nitrogen and oxygen atoms in total. The van der Waals surface area contributed by atoms with Crippen LogP contribution < -0.4 is 5.73 Å². The average molecular weight is 345 g/mol. The van der Waals surface area contributed by atoms with Gasteiger partial charge in [0.15, 0.2) is 0 Å². The topological polar surface area (TPSA) is 26.0 Å². The van der Waals surface area contributed by atoms with Crippen molar-refractivity contribution in [1.82, 2.24) is 0 Å². The van der Waals surface area contributed by atoms with Crippen molar-refractivity contribution in [2.45, 2.75) is 57.4 Å². The van der Waals surface area contributed by atoms with Crippen molar-refractivity contribution >= 4 is 27.5 Å². The molecule has 1 aromatic carbocycles. The molecule has 0 amide bonds. The minimum absolute atomic E-state index is 0.238. The second-order valence-corrected chi connectivity index (χ2v) is 7.12. The van der Waals surface area contributed by atoms with Crippen molar-refractivity contribution in [1.29, 1.82) is 0 Å². The van der Waals surface area contributed by atoms with Gasteiger partial charge in [0.2, 0.25) is 0 Å². The summed E-state index contributed by atoms with van der Waals surface area (Å²) in [5, 5.41) is 0.825. The molecule has 19 heavy (non-hydrogen) atoms. The molecule has 1 unspecified atom stereocenters. The molecule has 106 valence electrons. The van der Waals surface area contributed by atoms with Gasteiger partial charge in [-0.15, -0.1) is 0 Å². The van der Waals surface area contributed by atoms with Gasteiger partial charge >= 0.3 is 0 Å². The van der Waals surface area contributed by atoms with Crippen molar-refractivity contribution in [3.8, 4) is 0 Å². The first-order valence-electron chi connectivity index (χ1n) is 7.34. The van der Waals surface area contributed by atoms with E-state index in [1.807, 2.05) is 12.1 Å².